The Hall–Kier alpha value is -0.910. The zero-order valence-corrected chi connectivity index (χ0v) is 13.1. The van der Waals surface area contributed by atoms with Crippen molar-refractivity contribution >= 4 is 17.2 Å². The Morgan fingerprint density at radius 1 is 1.38 bits per heavy atom. The Labute approximate surface area is 129 Å². The second-order valence-corrected chi connectivity index (χ2v) is 7.30. The van der Waals surface area contributed by atoms with Crippen LogP contribution in [-0.4, -0.2) is 60.6 Å². The lowest BCUT2D eigenvalue weighted by atomic mass is 10.1. The van der Waals surface area contributed by atoms with Gasteiger partial charge in [0.05, 0.1) is 25.2 Å². The van der Waals surface area contributed by atoms with Crippen LogP contribution in [0.5, 0.6) is 0 Å². The third-order valence-electron chi connectivity index (χ3n) is 4.89. The van der Waals surface area contributed by atoms with E-state index in [0.717, 1.165) is 37.7 Å². The highest BCUT2D eigenvalue weighted by Gasteiger charge is 2.42. The van der Waals surface area contributed by atoms with Crippen molar-refractivity contribution in [3.8, 4) is 0 Å². The van der Waals surface area contributed by atoms with Gasteiger partial charge in [0.25, 0.3) is 0 Å². The number of thiophene rings is 1. The molecule has 2 atom stereocenters. The molecular formula is C16H22N2O2S. The third-order valence-corrected chi connectivity index (χ3v) is 5.63. The summed E-state index contributed by atoms with van der Waals surface area (Å²) in [5, 5.41) is 4.10. The van der Waals surface area contributed by atoms with Crippen LogP contribution in [0.15, 0.2) is 16.8 Å². The fourth-order valence-corrected chi connectivity index (χ4v) is 4.17. The van der Waals surface area contributed by atoms with Crippen LogP contribution in [0.25, 0.3) is 0 Å². The molecule has 3 aliphatic rings. The molecule has 0 spiro atoms. The molecule has 1 amide bonds. The lowest BCUT2D eigenvalue weighted by Gasteiger charge is -2.36. The molecule has 1 aromatic rings. The Morgan fingerprint density at radius 2 is 2.29 bits per heavy atom. The van der Waals surface area contributed by atoms with Gasteiger partial charge in [-0.15, -0.1) is 0 Å². The highest BCUT2D eigenvalue weighted by atomic mass is 32.1. The molecule has 0 bridgehead atoms. The molecule has 1 aromatic heterocycles. The summed E-state index contributed by atoms with van der Waals surface area (Å²) in [5.41, 5.74) is 1.13. The predicted octanol–water partition coefficient (Wildman–Crippen LogP) is 1.61. The van der Waals surface area contributed by atoms with Crippen molar-refractivity contribution in [3.63, 3.8) is 0 Å². The number of carbonyl (C=O) groups excluding carboxylic acids is 1. The highest BCUT2D eigenvalue weighted by molar-refractivity contribution is 7.07. The van der Waals surface area contributed by atoms with Crippen molar-refractivity contribution in [3.05, 3.63) is 22.4 Å². The lowest BCUT2D eigenvalue weighted by molar-refractivity contribution is -0.129. The minimum atomic E-state index is 0.226. The molecule has 21 heavy (non-hydrogen) atoms. The number of nitrogens with zero attached hydrogens (tertiary/aromatic N) is 2. The van der Waals surface area contributed by atoms with E-state index in [1.54, 1.807) is 11.3 Å². The number of fused-ring (bicyclic) bond motifs is 1. The van der Waals surface area contributed by atoms with Gasteiger partial charge < -0.3 is 9.64 Å². The number of ether oxygens (including phenoxy) is 1. The standard InChI is InChI=1S/C16H22N2O2S/c19-16(7-13-3-6-21-11-13)18-9-14-15(10-18)20-5-4-17(14)8-12-1-2-12/h3,6,11-12,14-15H,1-2,4-5,7-10H2/t14-,15+/m1/s1. The van der Waals surface area contributed by atoms with E-state index in [-0.39, 0.29) is 12.0 Å². The van der Waals surface area contributed by atoms with Gasteiger partial charge in [0, 0.05) is 26.2 Å². The summed E-state index contributed by atoms with van der Waals surface area (Å²) >= 11 is 1.65. The summed E-state index contributed by atoms with van der Waals surface area (Å²) in [5.74, 6) is 1.15. The summed E-state index contributed by atoms with van der Waals surface area (Å²) in [4.78, 5) is 17.0. The summed E-state index contributed by atoms with van der Waals surface area (Å²) in [6.07, 6.45) is 3.53. The molecule has 0 radical (unpaired) electrons. The van der Waals surface area contributed by atoms with Gasteiger partial charge in [0.15, 0.2) is 0 Å². The minimum Gasteiger partial charge on any atom is -0.373 e. The van der Waals surface area contributed by atoms with E-state index >= 15 is 0 Å². The number of hydrogen-bond acceptors (Lipinski definition) is 4. The first-order valence-electron chi connectivity index (χ1n) is 7.94. The maximum Gasteiger partial charge on any atom is 0.227 e. The van der Waals surface area contributed by atoms with Gasteiger partial charge in [0.2, 0.25) is 5.91 Å². The van der Waals surface area contributed by atoms with Crippen LogP contribution in [0, 0.1) is 5.92 Å². The van der Waals surface area contributed by atoms with Crippen LogP contribution < -0.4 is 0 Å². The Kier molecular flexibility index (Phi) is 3.73. The van der Waals surface area contributed by atoms with E-state index in [2.05, 4.69) is 10.3 Å². The van der Waals surface area contributed by atoms with Crippen molar-refractivity contribution in [1.29, 1.82) is 0 Å². The fraction of sp³-hybridized carbons (Fsp3) is 0.688. The van der Waals surface area contributed by atoms with Crippen LogP contribution in [0.2, 0.25) is 0 Å². The average Bonchev–Trinajstić information content (AvgIpc) is 2.99. The monoisotopic (exact) mass is 306 g/mol. The second-order valence-electron chi connectivity index (χ2n) is 6.52. The quantitative estimate of drug-likeness (QED) is 0.847. The van der Waals surface area contributed by atoms with Gasteiger partial charge in [-0.25, -0.2) is 0 Å². The first kappa shape index (κ1) is 13.7. The second kappa shape index (κ2) is 5.71. The maximum absolute atomic E-state index is 12.5. The molecule has 3 fully saturated rings. The topological polar surface area (TPSA) is 32.8 Å². The molecule has 114 valence electrons. The molecule has 4 rings (SSSR count). The van der Waals surface area contributed by atoms with Gasteiger partial charge in [-0.3, -0.25) is 9.69 Å². The molecular weight excluding hydrogens is 284 g/mol. The molecule has 0 N–H and O–H groups in total. The van der Waals surface area contributed by atoms with E-state index in [4.69, 9.17) is 4.74 Å². The molecule has 4 nitrogen and oxygen atoms in total. The Morgan fingerprint density at radius 3 is 3.05 bits per heavy atom. The number of carbonyl (C=O) groups is 1. The normalized spacial score (nSPS) is 29.6. The van der Waals surface area contributed by atoms with Crippen LogP contribution in [0.1, 0.15) is 18.4 Å². The molecule has 1 aliphatic carbocycles. The van der Waals surface area contributed by atoms with Gasteiger partial charge in [-0.1, -0.05) is 0 Å². The lowest BCUT2D eigenvalue weighted by Crippen LogP contribution is -2.51. The third kappa shape index (κ3) is 3.00. The molecule has 0 aromatic carbocycles. The SMILES string of the molecule is O=C(Cc1ccsc1)N1C[C@@H]2OCCN(CC3CC3)[C@@H]2C1. The zero-order valence-electron chi connectivity index (χ0n) is 12.2. The van der Waals surface area contributed by atoms with Crippen molar-refractivity contribution in [2.24, 2.45) is 5.92 Å². The Balaban J connectivity index is 1.39. The molecule has 5 heteroatoms. The first-order valence-corrected chi connectivity index (χ1v) is 8.88. The smallest absolute Gasteiger partial charge is 0.227 e. The van der Waals surface area contributed by atoms with Crippen LogP contribution in [-0.2, 0) is 16.0 Å². The number of morpholine rings is 1. The zero-order chi connectivity index (χ0) is 14.2. The minimum absolute atomic E-state index is 0.226. The van der Waals surface area contributed by atoms with Gasteiger partial charge in [-0.2, -0.15) is 11.3 Å². The van der Waals surface area contributed by atoms with Crippen molar-refractivity contribution < 1.29 is 9.53 Å². The molecule has 3 heterocycles. The van der Waals surface area contributed by atoms with Crippen LogP contribution in [0.3, 0.4) is 0 Å². The van der Waals surface area contributed by atoms with Gasteiger partial charge in [0.1, 0.15) is 0 Å². The van der Waals surface area contributed by atoms with E-state index < -0.39 is 0 Å². The van der Waals surface area contributed by atoms with E-state index in [0.29, 0.717) is 12.5 Å². The van der Waals surface area contributed by atoms with Gasteiger partial charge >= 0.3 is 0 Å². The number of rotatable bonds is 4. The van der Waals surface area contributed by atoms with Crippen LogP contribution >= 0.6 is 11.3 Å². The highest BCUT2D eigenvalue weighted by Crippen LogP contribution is 2.33. The van der Waals surface area contributed by atoms with E-state index in [1.165, 1.54) is 19.4 Å². The number of likely N-dealkylation sites (tertiary alicyclic amines) is 1. The van der Waals surface area contributed by atoms with Gasteiger partial charge in [-0.05, 0) is 41.1 Å². The fourth-order valence-electron chi connectivity index (χ4n) is 3.50. The first-order chi connectivity index (χ1) is 10.3. The molecule has 2 aliphatic heterocycles. The van der Waals surface area contributed by atoms with Crippen molar-refractivity contribution in [2.75, 3.05) is 32.8 Å². The van der Waals surface area contributed by atoms with Crippen LogP contribution in [0.4, 0.5) is 0 Å². The molecule has 2 saturated heterocycles. The van der Waals surface area contributed by atoms with E-state index in [1.807, 2.05) is 16.3 Å². The summed E-state index contributed by atoms with van der Waals surface area (Å²) in [6.45, 7) is 4.68. The van der Waals surface area contributed by atoms with Crippen molar-refractivity contribution in [1.82, 2.24) is 9.80 Å². The molecule has 1 saturated carbocycles. The summed E-state index contributed by atoms with van der Waals surface area (Å²) in [7, 11) is 0. The summed E-state index contributed by atoms with van der Waals surface area (Å²) in [6, 6.07) is 2.47. The van der Waals surface area contributed by atoms with Crippen molar-refractivity contribution in [2.45, 2.75) is 31.4 Å². The average molecular weight is 306 g/mol. The van der Waals surface area contributed by atoms with E-state index in [9.17, 15) is 4.79 Å². The summed E-state index contributed by atoms with van der Waals surface area (Å²) < 4.78 is 5.92. The largest absolute Gasteiger partial charge is 0.373 e. The molecule has 0 unspecified atom stereocenters. The Bertz CT molecular complexity index is 500. The number of amides is 1. The number of hydrogen-bond donors (Lipinski definition) is 0. The predicted molar refractivity (Wildman–Crippen MR) is 82.4 cm³/mol. The maximum atomic E-state index is 12.5.